The van der Waals surface area contributed by atoms with Crippen LogP contribution in [0.2, 0.25) is 0 Å². The zero-order valence-electron chi connectivity index (χ0n) is 11.5. The Morgan fingerprint density at radius 1 is 1.53 bits per heavy atom. The molecule has 1 rings (SSSR count). The summed E-state index contributed by atoms with van der Waals surface area (Å²) < 4.78 is 33.5. The minimum absolute atomic E-state index is 0.133. The van der Waals surface area contributed by atoms with Crippen LogP contribution in [0.3, 0.4) is 0 Å². The average molecular weight is 290 g/mol. The third-order valence-electron chi connectivity index (χ3n) is 2.74. The van der Waals surface area contributed by atoms with Crippen LogP contribution in [0.4, 0.5) is 0 Å². The van der Waals surface area contributed by atoms with Crippen LogP contribution in [-0.4, -0.2) is 44.5 Å². The molecule has 0 saturated heterocycles. The summed E-state index contributed by atoms with van der Waals surface area (Å²) in [5.74, 6) is 0.133. The van der Waals surface area contributed by atoms with Crippen molar-refractivity contribution in [3.8, 4) is 0 Å². The van der Waals surface area contributed by atoms with Gasteiger partial charge in [0.2, 0.25) is 10.0 Å². The van der Waals surface area contributed by atoms with Gasteiger partial charge in [0, 0.05) is 25.9 Å². The number of rotatable bonds is 8. The van der Waals surface area contributed by atoms with Gasteiger partial charge in [0.05, 0.1) is 19.3 Å². The van der Waals surface area contributed by atoms with Gasteiger partial charge in [-0.1, -0.05) is 13.8 Å². The van der Waals surface area contributed by atoms with Crippen molar-refractivity contribution in [2.24, 2.45) is 11.7 Å². The zero-order chi connectivity index (χ0) is 14.5. The Bertz CT molecular complexity index is 484. The molecule has 1 heterocycles. The van der Waals surface area contributed by atoms with E-state index in [9.17, 15) is 8.42 Å². The van der Waals surface area contributed by atoms with Gasteiger partial charge in [-0.15, -0.1) is 0 Å². The molecule has 0 radical (unpaired) electrons. The number of ether oxygens (including phenoxy) is 1. The van der Waals surface area contributed by atoms with Gasteiger partial charge in [0.15, 0.2) is 0 Å². The van der Waals surface area contributed by atoms with Gasteiger partial charge < -0.3 is 10.5 Å². The van der Waals surface area contributed by atoms with Crippen molar-refractivity contribution < 1.29 is 13.2 Å². The minimum Gasteiger partial charge on any atom is -0.383 e. The van der Waals surface area contributed by atoms with Crippen molar-refractivity contribution in [2.45, 2.75) is 31.3 Å². The molecule has 1 aromatic rings. The lowest BCUT2D eigenvalue weighted by Crippen LogP contribution is -2.41. The summed E-state index contributed by atoms with van der Waals surface area (Å²) in [5.41, 5.74) is 5.40. The molecule has 1 unspecified atom stereocenters. The number of hydrogen-bond acceptors (Lipinski definition) is 5. The van der Waals surface area contributed by atoms with Crippen molar-refractivity contribution in [1.29, 1.82) is 0 Å². The van der Waals surface area contributed by atoms with Gasteiger partial charge in [-0.2, -0.15) is 5.10 Å². The number of nitrogens with one attached hydrogen (secondary N) is 1. The summed E-state index contributed by atoms with van der Waals surface area (Å²) in [7, 11) is -2.03. The third-order valence-corrected chi connectivity index (χ3v) is 4.18. The fraction of sp³-hybridized carbons (Fsp3) is 0.727. The molecule has 0 spiro atoms. The van der Waals surface area contributed by atoms with Crippen molar-refractivity contribution in [1.82, 2.24) is 14.5 Å². The zero-order valence-corrected chi connectivity index (χ0v) is 12.4. The Morgan fingerprint density at radius 2 is 2.21 bits per heavy atom. The second-order valence-corrected chi connectivity index (χ2v) is 6.37. The monoisotopic (exact) mass is 290 g/mol. The lowest BCUT2D eigenvalue weighted by Gasteiger charge is -2.20. The van der Waals surface area contributed by atoms with Crippen LogP contribution in [-0.2, 0) is 21.3 Å². The summed E-state index contributed by atoms with van der Waals surface area (Å²) in [6, 6.07) is -0.271. The Morgan fingerprint density at radius 3 is 2.74 bits per heavy atom. The van der Waals surface area contributed by atoms with E-state index < -0.39 is 10.0 Å². The number of nitrogens with two attached hydrogens (primary N) is 1. The van der Waals surface area contributed by atoms with E-state index in [0.29, 0.717) is 19.7 Å². The van der Waals surface area contributed by atoms with Gasteiger partial charge in [-0.3, -0.25) is 4.68 Å². The lowest BCUT2D eigenvalue weighted by molar-refractivity contribution is 0.157. The summed E-state index contributed by atoms with van der Waals surface area (Å²) in [6.45, 7) is 5.09. The van der Waals surface area contributed by atoms with Gasteiger partial charge in [0.25, 0.3) is 0 Å². The molecular weight excluding hydrogens is 268 g/mol. The quantitative estimate of drug-likeness (QED) is 0.690. The van der Waals surface area contributed by atoms with Crippen LogP contribution in [0.5, 0.6) is 0 Å². The third kappa shape index (κ3) is 4.57. The Kier molecular flexibility index (Phi) is 5.92. The predicted molar refractivity (Wildman–Crippen MR) is 72.1 cm³/mol. The number of hydrogen-bond donors (Lipinski definition) is 2. The molecule has 0 amide bonds. The fourth-order valence-electron chi connectivity index (χ4n) is 1.55. The van der Waals surface area contributed by atoms with Crippen LogP contribution < -0.4 is 10.5 Å². The molecule has 0 aliphatic carbocycles. The molecule has 1 aromatic heterocycles. The standard InChI is InChI=1S/C11H22N4O3S/c1-9(2)11(8-18-3)14-19(16,17)10-6-13-15(7-10)5-4-12/h6-7,9,11,14H,4-5,8,12H2,1-3H3. The maximum absolute atomic E-state index is 12.2. The van der Waals surface area contributed by atoms with E-state index in [4.69, 9.17) is 10.5 Å². The van der Waals surface area contributed by atoms with Gasteiger partial charge >= 0.3 is 0 Å². The minimum atomic E-state index is -3.58. The first-order valence-corrected chi connectivity index (χ1v) is 7.62. The normalized spacial score (nSPS) is 13.9. The number of methoxy groups -OCH3 is 1. The van der Waals surface area contributed by atoms with Crippen LogP contribution in [0.1, 0.15) is 13.8 Å². The molecule has 1 atom stereocenters. The highest BCUT2D eigenvalue weighted by Crippen LogP contribution is 2.11. The lowest BCUT2D eigenvalue weighted by atomic mass is 10.1. The van der Waals surface area contributed by atoms with Crippen LogP contribution in [0, 0.1) is 5.92 Å². The number of nitrogens with zero attached hydrogens (tertiary/aromatic N) is 2. The molecule has 0 bridgehead atoms. The second kappa shape index (κ2) is 6.99. The van der Waals surface area contributed by atoms with Crippen molar-refractivity contribution in [3.63, 3.8) is 0 Å². The highest BCUT2D eigenvalue weighted by atomic mass is 32.2. The van der Waals surface area contributed by atoms with Crippen molar-refractivity contribution in [3.05, 3.63) is 12.4 Å². The summed E-state index contributed by atoms with van der Waals surface area (Å²) in [4.78, 5) is 0.141. The molecule has 0 aliphatic heterocycles. The highest BCUT2D eigenvalue weighted by Gasteiger charge is 2.23. The van der Waals surface area contributed by atoms with Crippen molar-refractivity contribution in [2.75, 3.05) is 20.3 Å². The van der Waals surface area contributed by atoms with E-state index in [2.05, 4.69) is 9.82 Å². The molecule has 7 nitrogen and oxygen atoms in total. The molecule has 8 heteroatoms. The molecule has 0 saturated carbocycles. The second-order valence-electron chi connectivity index (χ2n) is 4.65. The topological polar surface area (TPSA) is 99.2 Å². The van der Waals surface area contributed by atoms with Crippen LogP contribution in [0.15, 0.2) is 17.3 Å². The van der Waals surface area contributed by atoms with Crippen molar-refractivity contribution >= 4 is 10.0 Å². The SMILES string of the molecule is COCC(NS(=O)(=O)c1cnn(CCN)c1)C(C)C. The smallest absolute Gasteiger partial charge is 0.244 e. The molecule has 0 fully saturated rings. The van der Waals surface area contributed by atoms with E-state index in [-0.39, 0.29) is 16.9 Å². The first-order chi connectivity index (χ1) is 8.90. The molecule has 110 valence electrons. The number of aromatic nitrogens is 2. The van der Waals surface area contributed by atoms with E-state index in [1.54, 1.807) is 7.11 Å². The Labute approximate surface area is 114 Å². The summed E-state index contributed by atoms with van der Waals surface area (Å²) >= 11 is 0. The van der Waals surface area contributed by atoms with E-state index in [0.717, 1.165) is 0 Å². The summed E-state index contributed by atoms with van der Waals surface area (Å²) in [5, 5.41) is 3.96. The van der Waals surface area contributed by atoms with Crippen LogP contribution >= 0.6 is 0 Å². The first kappa shape index (κ1) is 16.1. The first-order valence-electron chi connectivity index (χ1n) is 6.14. The average Bonchev–Trinajstić information content (AvgIpc) is 2.78. The summed E-state index contributed by atoms with van der Waals surface area (Å²) in [6.07, 6.45) is 2.79. The van der Waals surface area contributed by atoms with Gasteiger partial charge in [0.1, 0.15) is 4.90 Å². The van der Waals surface area contributed by atoms with E-state index >= 15 is 0 Å². The Hall–Kier alpha value is -0.960. The Balaban J connectivity index is 2.83. The van der Waals surface area contributed by atoms with E-state index in [1.165, 1.54) is 17.1 Å². The maximum atomic E-state index is 12.2. The largest absolute Gasteiger partial charge is 0.383 e. The number of sulfonamides is 1. The predicted octanol–water partition coefficient (Wildman–Crippen LogP) is -0.209. The van der Waals surface area contributed by atoms with Gasteiger partial charge in [-0.05, 0) is 5.92 Å². The molecule has 19 heavy (non-hydrogen) atoms. The van der Waals surface area contributed by atoms with Crippen LogP contribution in [0.25, 0.3) is 0 Å². The molecular formula is C11H22N4O3S. The molecule has 0 aliphatic rings. The molecule has 3 N–H and O–H groups in total. The maximum Gasteiger partial charge on any atom is 0.244 e. The molecule has 0 aromatic carbocycles. The fourth-order valence-corrected chi connectivity index (χ4v) is 2.87. The highest BCUT2D eigenvalue weighted by molar-refractivity contribution is 7.89. The van der Waals surface area contributed by atoms with Gasteiger partial charge in [-0.25, -0.2) is 13.1 Å². The van der Waals surface area contributed by atoms with E-state index in [1.807, 2.05) is 13.8 Å².